The van der Waals surface area contributed by atoms with Crippen LogP contribution in [-0.4, -0.2) is 38.1 Å². The fraction of sp³-hybridized carbons (Fsp3) is 0.314. The van der Waals surface area contributed by atoms with Crippen LogP contribution >= 0.6 is 12.2 Å². The minimum Gasteiger partial charge on any atom is -0.351 e. The largest absolute Gasteiger partial charge is 0.416 e. The van der Waals surface area contributed by atoms with Gasteiger partial charge in [0.25, 0.3) is 0 Å². The van der Waals surface area contributed by atoms with Crippen LogP contribution in [0.1, 0.15) is 53.8 Å². The molecule has 4 rings (SSSR count). The SMILES string of the molecule is CC(C)C[C@@H](CN(Cc1ccccc1C(F)(F)F)C(=S)Nc1cccc(C(F)(F)F)c1)NC(=O)Cc1cncn1Cc1ccc(C#N)cc1. The number of benzene rings is 3. The molecule has 1 atom stereocenters. The van der Waals surface area contributed by atoms with Crippen molar-refractivity contribution < 1.29 is 31.1 Å². The van der Waals surface area contributed by atoms with E-state index in [1.807, 2.05) is 26.0 Å². The quantitative estimate of drug-likeness (QED) is 0.116. The summed E-state index contributed by atoms with van der Waals surface area (Å²) in [7, 11) is 0. The summed E-state index contributed by atoms with van der Waals surface area (Å²) in [4.78, 5) is 19.0. The van der Waals surface area contributed by atoms with Gasteiger partial charge in [-0.3, -0.25) is 4.79 Å². The second-order valence-electron chi connectivity index (χ2n) is 11.9. The Balaban J connectivity index is 1.56. The molecule has 14 heteroatoms. The zero-order valence-electron chi connectivity index (χ0n) is 26.6. The summed E-state index contributed by atoms with van der Waals surface area (Å²) in [5.74, 6) is -0.304. The summed E-state index contributed by atoms with van der Waals surface area (Å²) in [5.41, 5.74) is 0.152. The van der Waals surface area contributed by atoms with E-state index >= 15 is 0 Å². The van der Waals surface area contributed by atoms with Gasteiger partial charge in [-0.1, -0.05) is 50.2 Å². The Bertz CT molecular complexity index is 1780. The number of hydrogen-bond acceptors (Lipinski definition) is 4. The molecule has 2 N–H and O–H groups in total. The van der Waals surface area contributed by atoms with Crippen LogP contribution in [-0.2, 0) is 36.7 Å². The van der Waals surface area contributed by atoms with Gasteiger partial charge in [0.05, 0.1) is 35.5 Å². The van der Waals surface area contributed by atoms with Gasteiger partial charge >= 0.3 is 12.4 Å². The monoisotopic (exact) mass is 700 g/mol. The van der Waals surface area contributed by atoms with Crippen LogP contribution in [0.4, 0.5) is 32.0 Å². The fourth-order valence-corrected chi connectivity index (χ4v) is 5.57. The van der Waals surface area contributed by atoms with Crippen molar-refractivity contribution in [3.05, 3.63) is 119 Å². The number of aromatic nitrogens is 2. The maximum atomic E-state index is 13.9. The molecular weight excluding hydrogens is 666 g/mol. The van der Waals surface area contributed by atoms with E-state index in [-0.39, 0.29) is 47.7 Å². The highest BCUT2D eigenvalue weighted by molar-refractivity contribution is 7.80. The molecular formula is C35H34F6N6OS. The molecule has 0 saturated carbocycles. The average Bonchev–Trinajstić information content (AvgIpc) is 3.46. The molecule has 0 bridgehead atoms. The highest BCUT2D eigenvalue weighted by Crippen LogP contribution is 2.33. The number of carbonyl (C=O) groups excluding carboxylic acids is 1. The maximum Gasteiger partial charge on any atom is 0.416 e. The van der Waals surface area contributed by atoms with E-state index in [9.17, 15) is 31.1 Å². The molecule has 49 heavy (non-hydrogen) atoms. The van der Waals surface area contributed by atoms with Crippen molar-refractivity contribution in [1.82, 2.24) is 19.8 Å². The second-order valence-corrected chi connectivity index (χ2v) is 12.3. The lowest BCUT2D eigenvalue weighted by molar-refractivity contribution is -0.138. The molecule has 258 valence electrons. The number of thiocarbonyl (C=S) groups is 1. The van der Waals surface area contributed by atoms with Gasteiger partial charge in [0.2, 0.25) is 5.91 Å². The zero-order chi connectivity index (χ0) is 35.8. The number of alkyl halides is 6. The van der Waals surface area contributed by atoms with E-state index in [1.165, 1.54) is 35.2 Å². The molecule has 0 unspecified atom stereocenters. The molecule has 0 aliphatic heterocycles. The van der Waals surface area contributed by atoms with Crippen LogP contribution in [0.25, 0.3) is 0 Å². The molecule has 3 aromatic carbocycles. The highest BCUT2D eigenvalue weighted by atomic mass is 32.1. The number of anilines is 1. The standard InChI is InChI=1S/C35H34F6N6OS/c1-23(2)14-29(44-32(48)16-30-18-43-22-47(30)19-25-12-10-24(17-42)11-13-25)21-46(20-26-6-3-4-9-31(26)35(39,40)41)33(49)45-28-8-5-7-27(15-28)34(36,37)38/h3-13,15,18,22-23,29H,14,16,19-21H2,1-2H3,(H,44,48)(H,45,49)/t29-/m0/s1. The molecule has 7 nitrogen and oxygen atoms in total. The van der Waals surface area contributed by atoms with Gasteiger partial charge in [-0.25, -0.2) is 4.98 Å². The zero-order valence-corrected chi connectivity index (χ0v) is 27.5. The van der Waals surface area contributed by atoms with Gasteiger partial charge in [-0.2, -0.15) is 31.6 Å². The van der Waals surface area contributed by atoms with Crippen molar-refractivity contribution in [3.8, 4) is 6.07 Å². The number of amides is 1. The van der Waals surface area contributed by atoms with Crippen LogP contribution in [0, 0.1) is 17.2 Å². The third kappa shape index (κ3) is 10.8. The Kier molecular flexibility index (Phi) is 12.1. The van der Waals surface area contributed by atoms with Gasteiger partial charge in [0, 0.05) is 43.3 Å². The van der Waals surface area contributed by atoms with Crippen molar-refractivity contribution in [1.29, 1.82) is 5.26 Å². The lowest BCUT2D eigenvalue weighted by atomic mass is 10.0. The summed E-state index contributed by atoms with van der Waals surface area (Å²) in [6.07, 6.45) is -5.74. The number of halogens is 6. The van der Waals surface area contributed by atoms with E-state index in [1.54, 1.807) is 29.2 Å². The average molecular weight is 701 g/mol. The van der Waals surface area contributed by atoms with Gasteiger partial charge in [-0.15, -0.1) is 0 Å². The summed E-state index contributed by atoms with van der Waals surface area (Å²) in [6.45, 7) is 3.89. The summed E-state index contributed by atoms with van der Waals surface area (Å²) < 4.78 is 83.8. The highest BCUT2D eigenvalue weighted by Gasteiger charge is 2.34. The number of carbonyl (C=O) groups is 1. The lowest BCUT2D eigenvalue weighted by Crippen LogP contribution is -2.47. The molecule has 0 spiro atoms. The molecule has 0 radical (unpaired) electrons. The molecule has 1 aromatic heterocycles. The maximum absolute atomic E-state index is 13.9. The van der Waals surface area contributed by atoms with E-state index in [2.05, 4.69) is 21.7 Å². The summed E-state index contributed by atoms with van der Waals surface area (Å²) in [6, 6.07) is 17.8. The number of nitrogens with zero attached hydrogens (tertiary/aromatic N) is 4. The molecule has 0 fully saturated rings. The van der Waals surface area contributed by atoms with Crippen LogP contribution in [0.5, 0.6) is 0 Å². The number of hydrogen-bond donors (Lipinski definition) is 2. The molecule has 4 aromatic rings. The van der Waals surface area contributed by atoms with Crippen LogP contribution in [0.3, 0.4) is 0 Å². The number of nitrogens with one attached hydrogen (secondary N) is 2. The fourth-order valence-electron chi connectivity index (χ4n) is 5.31. The minimum atomic E-state index is -4.66. The van der Waals surface area contributed by atoms with E-state index in [4.69, 9.17) is 17.5 Å². The Morgan fingerprint density at radius 2 is 1.71 bits per heavy atom. The number of rotatable bonds is 12. The molecule has 0 saturated heterocycles. The first-order valence-electron chi connectivity index (χ1n) is 15.3. The van der Waals surface area contributed by atoms with Gasteiger partial charge in [0.1, 0.15) is 0 Å². The summed E-state index contributed by atoms with van der Waals surface area (Å²) in [5, 5.41) is 14.7. The third-order valence-electron chi connectivity index (χ3n) is 7.55. The first-order valence-corrected chi connectivity index (χ1v) is 15.7. The van der Waals surface area contributed by atoms with E-state index in [0.29, 0.717) is 24.2 Å². The smallest absolute Gasteiger partial charge is 0.351 e. The first-order chi connectivity index (χ1) is 23.1. The van der Waals surface area contributed by atoms with Crippen LogP contribution in [0.15, 0.2) is 85.3 Å². The Hall–Kier alpha value is -4.90. The van der Waals surface area contributed by atoms with Crippen molar-refractivity contribution >= 4 is 28.9 Å². The van der Waals surface area contributed by atoms with Crippen LogP contribution < -0.4 is 10.6 Å². The normalized spacial score (nSPS) is 12.3. The molecule has 0 aliphatic rings. The predicted octanol–water partition coefficient (Wildman–Crippen LogP) is 7.81. The first kappa shape index (κ1) is 36.9. The van der Waals surface area contributed by atoms with Gasteiger partial charge in [0.15, 0.2) is 5.11 Å². The van der Waals surface area contributed by atoms with Crippen molar-refractivity contribution in [2.45, 2.75) is 58.2 Å². The molecule has 0 aliphatic carbocycles. The van der Waals surface area contributed by atoms with Crippen LogP contribution in [0.2, 0.25) is 0 Å². The molecule has 1 heterocycles. The van der Waals surface area contributed by atoms with E-state index < -0.39 is 29.5 Å². The van der Waals surface area contributed by atoms with E-state index in [0.717, 1.165) is 23.8 Å². The number of imidazole rings is 1. The lowest BCUT2D eigenvalue weighted by Gasteiger charge is -2.32. The minimum absolute atomic E-state index is 0.00824. The Labute approximate surface area is 285 Å². The van der Waals surface area contributed by atoms with Crippen molar-refractivity contribution in [2.75, 3.05) is 11.9 Å². The molecule has 1 amide bonds. The third-order valence-corrected chi connectivity index (χ3v) is 7.91. The number of nitriles is 1. The van der Waals surface area contributed by atoms with Gasteiger partial charge in [-0.05, 0) is 72.1 Å². The predicted molar refractivity (Wildman–Crippen MR) is 177 cm³/mol. The van der Waals surface area contributed by atoms with Crippen molar-refractivity contribution in [2.24, 2.45) is 5.92 Å². The summed E-state index contributed by atoms with van der Waals surface area (Å²) >= 11 is 5.57. The van der Waals surface area contributed by atoms with Crippen molar-refractivity contribution in [3.63, 3.8) is 0 Å². The topological polar surface area (TPSA) is 86.0 Å². The Morgan fingerprint density at radius 3 is 2.37 bits per heavy atom. The van der Waals surface area contributed by atoms with Gasteiger partial charge < -0.3 is 20.1 Å². The Morgan fingerprint density at radius 1 is 1.00 bits per heavy atom. The second kappa shape index (κ2) is 16.0.